The molecule has 1 aromatic carbocycles. The quantitative estimate of drug-likeness (QED) is 0.717. The van der Waals surface area contributed by atoms with Gasteiger partial charge < -0.3 is 10.2 Å². The molecule has 16 heavy (non-hydrogen) atoms. The molecule has 0 bridgehead atoms. The SMILES string of the molecule is CN(C)c1ccc([C@@H]2NC(=O)NC2=O)cc1. The molecule has 84 valence electrons. The highest BCUT2D eigenvalue weighted by atomic mass is 16.2. The van der Waals surface area contributed by atoms with E-state index >= 15 is 0 Å². The number of nitrogens with zero attached hydrogens (tertiary/aromatic N) is 1. The summed E-state index contributed by atoms with van der Waals surface area (Å²) in [6.07, 6.45) is 0. The minimum absolute atomic E-state index is 0.303. The van der Waals surface area contributed by atoms with E-state index in [9.17, 15) is 9.59 Å². The number of nitrogens with one attached hydrogen (secondary N) is 2. The number of hydrogen-bond donors (Lipinski definition) is 2. The second-order valence-electron chi connectivity index (χ2n) is 3.88. The Bertz CT molecular complexity index is 425. The molecule has 1 fully saturated rings. The fourth-order valence-electron chi connectivity index (χ4n) is 1.62. The molecule has 0 spiro atoms. The van der Waals surface area contributed by atoms with Gasteiger partial charge in [-0.3, -0.25) is 10.1 Å². The van der Waals surface area contributed by atoms with Crippen LogP contribution in [-0.4, -0.2) is 26.0 Å². The molecule has 0 unspecified atom stereocenters. The first kappa shape index (κ1) is 10.5. The highest BCUT2D eigenvalue weighted by Gasteiger charge is 2.30. The minimum atomic E-state index is -0.566. The molecule has 3 amide bonds. The fourth-order valence-corrected chi connectivity index (χ4v) is 1.62. The van der Waals surface area contributed by atoms with Crippen molar-refractivity contribution in [2.75, 3.05) is 19.0 Å². The fraction of sp³-hybridized carbons (Fsp3) is 0.273. The number of benzene rings is 1. The first-order valence-electron chi connectivity index (χ1n) is 4.96. The van der Waals surface area contributed by atoms with Crippen molar-refractivity contribution in [1.29, 1.82) is 0 Å². The molecule has 0 saturated carbocycles. The van der Waals surface area contributed by atoms with Gasteiger partial charge in [-0.1, -0.05) is 12.1 Å². The van der Waals surface area contributed by atoms with Crippen LogP contribution in [0, 0.1) is 0 Å². The van der Waals surface area contributed by atoms with Crippen LogP contribution in [0.3, 0.4) is 0 Å². The number of carbonyl (C=O) groups excluding carboxylic acids is 2. The summed E-state index contributed by atoms with van der Waals surface area (Å²) in [5, 5.41) is 4.76. The van der Waals surface area contributed by atoms with Crippen molar-refractivity contribution in [2.45, 2.75) is 6.04 Å². The van der Waals surface area contributed by atoms with Gasteiger partial charge >= 0.3 is 6.03 Å². The summed E-state index contributed by atoms with van der Waals surface area (Å²) < 4.78 is 0. The molecule has 0 aliphatic carbocycles. The number of anilines is 1. The molecule has 2 N–H and O–H groups in total. The maximum Gasteiger partial charge on any atom is 0.322 e. The zero-order valence-corrected chi connectivity index (χ0v) is 9.15. The number of hydrogen-bond acceptors (Lipinski definition) is 3. The van der Waals surface area contributed by atoms with Crippen LogP contribution in [0.25, 0.3) is 0 Å². The summed E-state index contributed by atoms with van der Waals surface area (Å²) >= 11 is 0. The summed E-state index contributed by atoms with van der Waals surface area (Å²) in [6.45, 7) is 0. The standard InChI is InChI=1S/C11H13N3O2/c1-14(2)8-5-3-7(4-6-8)9-10(15)13-11(16)12-9/h3-6,9H,1-2H3,(H2,12,13,15,16)/t9-/m0/s1. The van der Waals surface area contributed by atoms with Crippen LogP contribution >= 0.6 is 0 Å². The summed E-state index contributed by atoms with van der Waals surface area (Å²) in [5.74, 6) is -0.303. The second kappa shape index (κ2) is 3.84. The normalized spacial score (nSPS) is 19.2. The number of rotatable bonds is 2. The molecular formula is C11H13N3O2. The molecule has 0 aromatic heterocycles. The summed E-state index contributed by atoms with van der Waals surface area (Å²) in [5.41, 5.74) is 1.84. The lowest BCUT2D eigenvalue weighted by Gasteiger charge is -2.14. The Balaban J connectivity index is 2.22. The maximum atomic E-state index is 11.4. The lowest BCUT2D eigenvalue weighted by Crippen LogP contribution is -2.22. The zero-order chi connectivity index (χ0) is 11.7. The Kier molecular flexibility index (Phi) is 2.52. The van der Waals surface area contributed by atoms with Crippen LogP contribution in [0.4, 0.5) is 10.5 Å². The second-order valence-corrected chi connectivity index (χ2v) is 3.88. The average molecular weight is 219 g/mol. The minimum Gasteiger partial charge on any atom is -0.378 e. The van der Waals surface area contributed by atoms with Crippen molar-refractivity contribution in [2.24, 2.45) is 0 Å². The molecule has 1 aliphatic heterocycles. The molecule has 0 radical (unpaired) electrons. The molecule has 1 aliphatic rings. The molecule has 5 nitrogen and oxygen atoms in total. The van der Waals surface area contributed by atoms with Crippen LogP contribution < -0.4 is 15.5 Å². The lowest BCUT2D eigenvalue weighted by atomic mass is 10.1. The Morgan fingerprint density at radius 3 is 2.19 bits per heavy atom. The highest BCUT2D eigenvalue weighted by Crippen LogP contribution is 2.19. The van der Waals surface area contributed by atoms with E-state index in [2.05, 4.69) is 10.6 Å². The third kappa shape index (κ3) is 1.84. The van der Waals surface area contributed by atoms with Crippen molar-refractivity contribution in [3.63, 3.8) is 0 Å². The topological polar surface area (TPSA) is 61.4 Å². The molecule has 1 saturated heterocycles. The first-order chi connectivity index (χ1) is 7.58. The van der Waals surface area contributed by atoms with Gasteiger partial charge in [0.05, 0.1) is 0 Å². The van der Waals surface area contributed by atoms with E-state index < -0.39 is 12.1 Å². The van der Waals surface area contributed by atoms with Gasteiger partial charge in [0.25, 0.3) is 5.91 Å². The summed E-state index contributed by atoms with van der Waals surface area (Å²) in [7, 11) is 3.89. The van der Waals surface area contributed by atoms with Gasteiger partial charge in [0, 0.05) is 19.8 Å². The Labute approximate surface area is 93.4 Å². The van der Waals surface area contributed by atoms with E-state index in [1.165, 1.54) is 0 Å². The van der Waals surface area contributed by atoms with E-state index in [0.29, 0.717) is 0 Å². The molecule has 2 rings (SSSR count). The van der Waals surface area contributed by atoms with Crippen molar-refractivity contribution in [1.82, 2.24) is 10.6 Å². The van der Waals surface area contributed by atoms with Crippen molar-refractivity contribution in [3.8, 4) is 0 Å². The molecule has 5 heteroatoms. The third-order valence-electron chi connectivity index (χ3n) is 2.52. The Hall–Kier alpha value is -2.04. The molecule has 1 atom stereocenters. The lowest BCUT2D eigenvalue weighted by molar-refractivity contribution is -0.120. The zero-order valence-electron chi connectivity index (χ0n) is 9.15. The summed E-state index contributed by atoms with van der Waals surface area (Å²) in [4.78, 5) is 24.3. The van der Waals surface area contributed by atoms with Crippen molar-refractivity contribution in [3.05, 3.63) is 29.8 Å². The van der Waals surface area contributed by atoms with Crippen LogP contribution in [0.5, 0.6) is 0 Å². The van der Waals surface area contributed by atoms with E-state index in [4.69, 9.17) is 0 Å². The van der Waals surface area contributed by atoms with E-state index in [0.717, 1.165) is 11.3 Å². The maximum absolute atomic E-state index is 11.4. The predicted octanol–water partition coefficient (Wildman–Crippen LogP) is 0.633. The van der Waals surface area contributed by atoms with Crippen LogP contribution in [0.2, 0.25) is 0 Å². The van der Waals surface area contributed by atoms with Crippen molar-refractivity contribution < 1.29 is 9.59 Å². The van der Waals surface area contributed by atoms with Gasteiger partial charge in [0.15, 0.2) is 0 Å². The van der Waals surface area contributed by atoms with Gasteiger partial charge in [-0.05, 0) is 17.7 Å². The number of imide groups is 1. The molecular weight excluding hydrogens is 206 g/mol. The van der Waals surface area contributed by atoms with Crippen LogP contribution in [-0.2, 0) is 4.79 Å². The van der Waals surface area contributed by atoms with Gasteiger partial charge in [0.2, 0.25) is 0 Å². The highest BCUT2D eigenvalue weighted by molar-refractivity contribution is 6.04. The average Bonchev–Trinajstić information content (AvgIpc) is 2.58. The smallest absolute Gasteiger partial charge is 0.322 e. The van der Waals surface area contributed by atoms with Gasteiger partial charge in [0.1, 0.15) is 6.04 Å². The van der Waals surface area contributed by atoms with Gasteiger partial charge in [-0.25, -0.2) is 4.79 Å². The van der Waals surface area contributed by atoms with E-state index in [-0.39, 0.29) is 5.91 Å². The predicted molar refractivity (Wildman–Crippen MR) is 60.2 cm³/mol. The monoisotopic (exact) mass is 219 g/mol. The first-order valence-corrected chi connectivity index (χ1v) is 4.96. The van der Waals surface area contributed by atoms with Crippen LogP contribution in [0.1, 0.15) is 11.6 Å². The molecule has 1 heterocycles. The van der Waals surface area contributed by atoms with Gasteiger partial charge in [-0.2, -0.15) is 0 Å². The third-order valence-corrected chi connectivity index (χ3v) is 2.52. The van der Waals surface area contributed by atoms with Gasteiger partial charge in [-0.15, -0.1) is 0 Å². The Morgan fingerprint density at radius 2 is 1.75 bits per heavy atom. The van der Waals surface area contributed by atoms with E-state index in [1.807, 2.05) is 43.3 Å². The number of carbonyl (C=O) groups is 2. The largest absolute Gasteiger partial charge is 0.378 e. The molecule has 1 aromatic rings. The number of amides is 3. The number of urea groups is 1. The van der Waals surface area contributed by atoms with E-state index in [1.54, 1.807) is 0 Å². The van der Waals surface area contributed by atoms with Crippen molar-refractivity contribution >= 4 is 17.6 Å². The summed E-state index contributed by atoms with van der Waals surface area (Å²) in [6, 6.07) is 6.49. The van der Waals surface area contributed by atoms with Crippen LogP contribution in [0.15, 0.2) is 24.3 Å². The Morgan fingerprint density at radius 1 is 1.12 bits per heavy atom.